The van der Waals surface area contributed by atoms with Gasteiger partial charge in [0, 0.05) is 5.56 Å². The van der Waals surface area contributed by atoms with Crippen molar-refractivity contribution < 1.29 is 13.2 Å². The number of aromatic nitrogens is 3. The summed E-state index contributed by atoms with van der Waals surface area (Å²) in [6.07, 6.45) is 5.10. The first-order valence-corrected chi connectivity index (χ1v) is 10.2. The number of nitrogens with zero attached hydrogens (tertiary/aromatic N) is 2. The first kappa shape index (κ1) is 20.3. The number of hydrogen-bond acceptors (Lipinski definition) is 5. The summed E-state index contributed by atoms with van der Waals surface area (Å²) in [4.78, 5) is 17.1. The van der Waals surface area contributed by atoms with Crippen LogP contribution in [0.2, 0.25) is 0 Å². The van der Waals surface area contributed by atoms with Gasteiger partial charge in [0.2, 0.25) is 10.0 Å². The van der Waals surface area contributed by atoms with Crippen molar-refractivity contribution in [1.29, 1.82) is 0 Å². The van der Waals surface area contributed by atoms with Gasteiger partial charge in [-0.05, 0) is 30.7 Å². The second-order valence-electron chi connectivity index (χ2n) is 6.15. The van der Waals surface area contributed by atoms with E-state index >= 15 is 0 Å². The maximum atomic E-state index is 12.9. The number of carbonyl (C=O) groups excluding carboxylic acids is 1. The number of H-pyrrole nitrogens is 1. The van der Waals surface area contributed by atoms with Gasteiger partial charge in [0.25, 0.3) is 5.91 Å². The molecule has 0 aliphatic heterocycles. The van der Waals surface area contributed by atoms with Crippen LogP contribution in [0.1, 0.15) is 33.6 Å². The topological polar surface area (TPSA) is 117 Å². The Labute approximate surface area is 168 Å². The molecule has 0 saturated heterocycles. The maximum Gasteiger partial charge on any atom is 0.252 e. The van der Waals surface area contributed by atoms with E-state index in [0.29, 0.717) is 11.6 Å². The lowest BCUT2D eigenvalue weighted by Crippen LogP contribution is -2.30. The highest BCUT2D eigenvalue weighted by Crippen LogP contribution is 2.20. The van der Waals surface area contributed by atoms with Crippen LogP contribution in [0, 0.1) is 19.3 Å². The van der Waals surface area contributed by atoms with E-state index < -0.39 is 22.0 Å². The molecule has 0 saturated carbocycles. The van der Waals surface area contributed by atoms with Gasteiger partial charge in [-0.15, -0.1) is 6.42 Å². The van der Waals surface area contributed by atoms with Crippen LogP contribution in [-0.2, 0) is 10.0 Å². The predicted molar refractivity (Wildman–Crippen MR) is 107 cm³/mol. The normalized spacial score (nSPS) is 12.1. The Morgan fingerprint density at radius 2 is 1.97 bits per heavy atom. The molecule has 0 aliphatic rings. The molecule has 1 unspecified atom stereocenters. The first-order valence-electron chi connectivity index (χ1n) is 8.68. The minimum absolute atomic E-state index is 0.0506. The van der Waals surface area contributed by atoms with Crippen LogP contribution in [-0.4, -0.2) is 36.1 Å². The zero-order valence-electron chi connectivity index (χ0n) is 15.6. The summed E-state index contributed by atoms with van der Waals surface area (Å²) in [6, 6.07) is 14.4. The average molecular weight is 409 g/mol. The summed E-state index contributed by atoms with van der Waals surface area (Å²) in [5, 5.41) is 9.79. The predicted octanol–water partition coefficient (Wildman–Crippen LogP) is 1.54. The lowest BCUT2D eigenvalue weighted by atomic mass is 10.1. The van der Waals surface area contributed by atoms with Crippen molar-refractivity contribution in [1.82, 2.24) is 25.2 Å². The monoisotopic (exact) mass is 409 g/mol. The van der Waals surface area contributed by atoms with Crippen molar-refractivity contribution in [3.05, 3.63) is 77.4 Å². The van der Waals surface area contributed by atoms with Crippen LogP contribution in [0.5, 0.6) is 0 Å². The summed E-state index contributed by atoms with van der Waals surface area (Å²) in [5.74, 6) is 2.76. The molecular weight excluding hydrogens is 390 g/mol. The van der Waals surface area contributed by atoms with E-state index in [4.69, 9.17) is 6.42 Å². The molecule has 3 rings (SSSR count). The Balaban J connectivity index is 1.89. The molecule has 1 aromatic heterocycles. The molecule has 1 heterocycles. The van der Waals surface area contributed by atoms with E-state index in [-0.39, 0.29) is 17.0 Å². The van der Waals surface area contributed by atoms with Crippen molar-refractivity contribution >= 4 is 15.9 Å². The molecule has 0 radical (unpaired) electrons. The van der Waals surface area contributed by atoms with Crippen molar-refractivity contribution in [2.75, 3.05) is 6.54 Å². The lowest BCUT2D eigenvalue weighted by molar-refractivity contribution is 0.0941. The van der Waals surface area contributed by atoms with Crippen molar-refractivity contribution in [2.24, 2.45) is 0 Å². The summed E-state index contributed by atoms with van der Waals surface area (Å²) in [7, 11) is -3.81. The molecule has 29 heavy (non-hydrogen) atoms. The van der Waals surface area contributed by atoms with Crippen LogP contribution >= 0.6 is 0 Å². The van der Waals surface area contributed by atoms with Gasteiger partial charge in [0.15, 0.2) is 5.82 Å². The van der Waals surface area contributed by atoms with Crippen LogP contribution in [0.15, 0.2) is 59.5 Å². The van der Waals surface area contributed by atoms with E-state index in [9.17, 15) is 13.2 Å². The number of aromatic amines is 1. The fourth-order valence-corrected chi connectivity index (χ4v) is 3.65. The summed E-state index contributed by atoms with van der Waals surface area (Å²) in [5.41, 5.74) is 0.973. The van der Waals surface area contributed by atoms with Gasteiger partial charge in [0.1, 0.15) is 11.9 Å². The zero-order chi connectivity index (χ0) is 20.9. The number of rotatable bonds is 7. The summed E-state index contributed by atoms with van der Waals surface area (Å²) >= 11 is 0. The first-order chi connectivity index (χ1) is 13.9. The van der Waals surface area contributed by atoms with Gasteiger partial charge in [0.05, 0.1) is 11.4 Å². The van der Waals surface area contributed by atoms with Gasteiger partial charge in [-0.2, -0.15) is 9.82 Å². The highest BCUT2D eigenvalue weighted by atomic mass is 32.2. The van der Waals surface area contributed by atoms with E-state index in [0.717, 1.165) is 5.56 Å². The molecule has 2 aromatic carbocycles. The number of hydrogen-bond donors (Lipinski definition) is 3. The number of nitrogens with one attached hydrogen (secondary N) is 3. The molecule has 0 spiro atoms. The van der Waals surface area contributed by atoms with E-state index in [2.05, 4.69) is 31.1 Å². The fourth-order valence-electron chi connectivity index (χ4n) is 2.67. The molecular formula is C20H19N5O3S. The number of benzene rings is 2. The van der Waals surface area contributed by atoms with Gasteiger partial charge in [-0.25, -0.2) is 13.4 Å². The van der Waals surface area contributed by atoms with Gasteiger partial charge < -0.3 is 5.32 Å². The Kier molecular flexibility index (Phi) is 6.07. The largest absolute Gasteiger partial charge is 0.338 e. The molecule has 1 amide bonds. The number of amides is 1. The van der Waals surface area contributed by atoms with Crippen molar-refractivity contribution in [2.45, 2.75) is 17.9 Å². The van der Waals surface area contributed by atoms with Crippen molar-refractivity contribution in [3.8, 4) is 12.3 Å². The Morgan fingerprint density at radius 1 is 1.21 bits per heavy atom. The third-order valence-electron chi connectivity index (χ3n) is 4.05. The quantitative estimate of drug-likeness (QED) is 0.512. The Morgan fingerprint density at radius 3 is 2.62 bits per heavy atom. The van der Waals surface area contributed by atoms with Gasteiger partial charge in [-0.1, -0.05) is 42.3 Å². The minimum Gasteiger partial charge on any atom is -0.338 e. The fraction of sp³-hybridized carbons (Fsp3) is 0.150. The van der Waals surface area contributed by atoms with Crippen LogP contribution in [0.4, 0.5) is 0 Å². The zero-order valence-corrected chi connectivity index (χ0v) is 16.4. The maximum absolute atomic E-state index is 12.9. The molecule has 0 bridgehead atoms. The van der Waals surface area contributed by atoms with Crippen LogP contribution in [0.25, 0.3) is 0 Å². The molecule has 9 heteroatoms. The second-order valence-corrected chi connectivity index (χ2v) is 7.92. The molecule has 1 atom stereocenters. The summed E-state index contributed by atoms with van der Waals surface area (Å²) < 4.78 is 26.8. The average Bonchev–Trinajstić information content (AvgIpc) is 3.17. The van der Waals surface area contributed by atoms with E-state index in [1.54, 1.807) is 6.92 Å². The molecule has 0 fully saturated rings. The third kappa shape index (κ3) is 4.87. The molecule has 0 aliphatic carbocycles. The molecule has 8 nitrogen and oxygen atoms in total. The van der Waals surface area contributed by atoms with Crippen LogP contribution < -0.4 is 10.0 Å². The number of aryl methyl sites for hydroxylation is 1. The second kappa shape index (κ2) is 8.68. The minimum atomic E-state index is -3.81. The smallest absolute Gasteiger partial charge is 0.252 e. The van der Waals surface area contributed by atoms with Gasteiger partial charge >= 0.3 is 0 Å². The number of carbonyl (C=O) groups is 1. The van der Waals surface area contributed by atoms with Crippen molar-refractivity contribution in [3.63, 3.8) is 0 Å². The van der Waals surface area contributed by atoms with E-state index in [1.165, 1.54) is 24.3 Å². The number of terminal acetylenes is 1. The number of sulfonamides is 1. The van der Waals surface area contributed by atoms with E-state index in [1.807, 2.05) is 30.3 Å². The standard InChI is InChI=1S/C20H19N5O3S/c1-3-12-21-29(27,28)17-11-7-10-16(13-17)20(26)23-18(15-8-5-4-6-9-15)19-22-14(2)24-25-19/h1,4-11,13,18,21H,12H2,2H3,(H,23,26)(H,22,24,25). The highest BCUT2D eigenvalue weighted by molar-refractivity contribution is 7.89. The molecule has 3 aromatic rings. The summed E-state index contributed by atoms with van der Waals surface area (Å²) in [6.45, 7) is 1.62. The Hall–Kier alpha value is -3.48. The van der Waals surface area contributed by atoms with Gasteiger partial charge in [-0.3, -0.25) is 9.89 Å². The Bertz CT molecular complexity index is 1150. The van der Waals surface area contributed by atoms with Crippen LogP contribution in [0.3, 0.4) is 0 Å². The molecule has 3 N–H and O–H groups in total. The highest BCUT2D eigenvalue weighted by Gasteiger charge is 2.22. The lowest BCUT2D eigenvalue weighted by Gasteiger charge is -2.16. The SMILES string of the molecule is C#CCNS(=O)(=O)c1cccc(C(=O)NC(c2ccccc2)c2n[nH]c(C)n2)c1. The molecule has 148 valence electrons. The third-order valence-corrected chi connectivity index (χ3v) is 5.45.